The molecule has 0 bridgehead atoms. The van der Waals surface area contributed by atoms with Crippen LogP contribution in [0.15, 0.2) is 17.3 Å². The maximum Gasteiger partial charge on any atom is 0.193 e. The van der Waals surface area contributed by atoms with Crippen LogP contribution in [0.1, 0.15) is 38.3 Å². The highest BCUT2D eigenvalue weighted by Crippen LogP contribution is 2.16. The van der Waals surface area contributed by atoms with Gasteiger partial charge < -0.3 is 19.7 Å². The molecule has 25 heavy (non-hydrogen) atoms. The molecule has 1 aliphatic heterocycles. The van der Waals surface area contributed by atoms with Gasteiger partial charge in [0.05, 0.1) is 11.6 Å². The fourth-order valence-corrected chi connectivity index (χ4v) is 3.64. The normalized spacial score (nSPS) is 17.1. The second-order valence-electron chi connectivity index (χ2n) is 7.32. The van der Waals surface area contributed by atoms with Crippen LogP contribution in [0.3, 0.4) is 0 Å². The number of unbranched alkanes of at least 4 members (excludes halogenated alkanes) is 1. The minimum absolute atomic E-state index is 0.779. The van der Waals surface area contributed by atoms with E-state index in [1.54, 1.807) is 0 Å². The van der Waals surface area contributed by atoms with Gasteiger partial charge in [-0.15, -0.1) is 0 Å². The average molecular weight is 368 g/mol. The zero-order chi connectivity index (χ0) is 18.2. The van der Waals surface area contributed by atoms with Crippen molar-refractivity contribution in [1.82, 2.24) is 19.7 Å². The van der Waals surface area contributed by atoms with Gasteiger partial charge >= 0.3 is 0 Å². The molecule has 1 aromatic heterocycles. The van der Waals surface area contributed by atoms with Gasteiger partial charge in [-0.25, -0.2) is 0 Å². The van der Waals surface area contributed by atoms with Gasteiger partial charge in [0.25, 0.3) is 0 Å². The first kappa shape index (κ1) is 20.1. The van der Waals surface area contributed by atoms with Crippen LogP contribution in [-0.2, 0) is 13.6 Å². The van der Waals surface area contributed by atoms with Gasteiger partial charge in [0.15, 0.2) is 5.96 Å². The Morgan fingerprint density at radius 3 is 2.68 bits per heavy atom. The summed E-state index contributed by atoms with van der Waals surface area (Å²) in [7, 11) is 5.92. The van der Waals surface area contributed by atoms with Crippen LogP contribution < -0.4 is 5.32 Å². The Morgan fingerprint density at radius 2 is 2.08 bits per heavy atom. The van der Waals surface area contributed by atoms with Gasteiger partial charge in [-0.3, -0.25) is 4.99 Å². The molecule has 0 atom stereocenters. The molecule has 0 aliphatic carbocycles. The van der Waals surface area contributed by atoms with Gasteiger partial charge in [0.2, 0.25) is 0 Å². The number of guanidine groups is 1. The summed E-state index contributed by atoms with van der Waals surface area (Å²) in [6, 6.07) is 2.00. The number of aliphatic imine (C=N–C) groups is 1. The molecule has 0 saturated carbocycles. The molecule has 2 rings (SSSR count). The molecule has 0 amide bonds. The van der Waals surface area contributed by atoms with E-state index in [1.165, 1.54) is 51.0 Å². The van der Waals surface area contributed by atoms with Crippen LogP contribution in [0.25, 0.3) is 0 Å². The standard InChI is InChI=1S/C19H34ClN5/c1-16-7-11-25(12-8-16)10-6-5-9-22-19(21-2)24(4)15-18-13-17(20)14-23(18)3/h13-14,16H,5-12,15H2,1-4H3,(H,21,22). The lowest BCUT2D eigenvalue weighted by atomic mass is 9.99. The predicted molar refractivity (Wildman–Crippen MR) is 107 cm³/mol. The number of piperidine rings is 1. The molecule has 142 valence electrons. The summed E-state index contributed by atoms with van der Waals surface area (Å²) in [6.45, 7) is 7.90. The Kier molecular flexibility index (Phi) is 8.10. The van der Waals surface area contributed by atoms with Crippen molar-refractivity contribution in [2.75, 3.05) is 40.3 Å². The molecule has 1 fully saturated rings. The van der Waals surface area contributed by atoms with Crippen LogP contribution in [-0.4, -0.2) is 60.6 Å². The molecule has 1 aliphatic rings. The number of hydrogen-bond acceptors (Lipinski definition) is 2. The van der Waals surface area contributed by atoms with Gasteiger partial charge in [-0.2, -0.15) is 0 Å². The number of aryl methyl sites for hydroxylation is 1. The summed E-state index contributed by atoms with van der Waals surface area (Å²) in [6.07, 6.45) is 7.07. The average Bonchev–Trinajstić information content (AvgIpc) is 2.89. The lowest BCUT2D eigenvalue weighted by Crippen LogP contribution is -2.39. The van der Waals surface area contributed by atoms with Crippen molar-refractivity contribution in [3.8, 4) is 0 Å². The first-order valence-corrected chi connectivity index (χ1v) is 9.82. The molecule has 0 spiro atoms. The van der Waals surface area contributed by atoms with E-state index in [0.29, 0.717) is 0 Å². The largest absolute Gasteiger partial charge is 0.356 e. The molecule has 1 saturated heterocycles. The van der Waals surface area contributed by atoms with Crippen molar-refractivity contribution in [2.24, 2.45) is 18.0 Å². The maximum absolute atomic E-state index is 6.06. The molecule has 0 aromatic carbocycles. The van der Waals surface area contributed by atoms with E-state index < -0.39 is 0 Å². The number of hydrogen-bond donors (Lipinski definition) is 1. The van der Waals surface area contributed by atoms with E-state index >= 15 is 0 Å². The third-order valence-corrected chi connectivity index (χ3v) is 5.31. The summed E-state index contributed by atoms with van der Waals surface area (Å²) in [5.74, 6) is 1.85. The first-order chi connectivity index (χ1) is 12.0. The van der Waals surface area contributed by atoms with Crippen LogP contribution in [0, 0.1) is 5.92 Å². The highest BCUT2D eigenvalue weighted by Gasteiger charge is 2.15. The van der Waals surface area contributed by atoms with E-state index in [0.717, 1.165) is 30.0 Å². The molecule has 1 aromatic rings. The van der Waals surface area contributed by atoms with E-state index in [1.807, 2.05) is 26.4 Å². The number of likely N-dealkylation sites (tertiary alicyclic amines) is 1. The van der Waals surface area contributed by atoms with E-state index in [4.69, 9.17) is 11.6 Å². The Morgan fingerprint density at radius 1 is 1.36 bits per heavy atom. The lowest BCUT2D eigenvalue weighted by Gasteiger charge is -2.30. The van der Waals surface area contributed by atoms with E-state index in [2.05, 4.69) is 38.6 Å². The Balaban J connectivity index is 1.65. The van der Waals surface area contributed by atoms with Gasteiger partial charge in [0.1, 0.15) is 0 Å². The zero-order valence-corrected chi connectivity index (χ0v) is 17.0. The third kappa shape index (κ3) is 6.55. The first-order valence-electron chi connectivity index (χ1n) is 9.44. The molecule has 5 nitrogen and oxygen atoms in total. The third-order valence-electron chi connectivity index (χ3n) is 5.11. The maximum atomic E-state index is 6.06. The highest BCUT2D eigenvalue weighted by atomic mass is 35.5. The van der Waals surface area contributed by atoms with Crippen molar-refractivity contribution in [3.05, 3.63) is 23.0 Å². The van der Waals surface area contributed by atoms with Gasteiger partial charge in [0, 0.05) is 39.6 Å². The van der Waals surface area contributed by atoms with Gasteiger partial charge in [-0.1, -0.05) is 18.5 Å². The Labute approximate surface area is 158 Å². The van der Waals surface area contributed by atoms with Gasteiger partial charge in [-0.05, 0) is 57.3 Å². The number of aromatic nitrogens is 1. The highest BCUT2D eigenvalue weighted by molar-refractivity contribution is 6.30. The van der Waals surface area contributed by atoms with Crippen LogP contribution in [0.5, 0.6) is 0 Å². The molecule has 0 unspecified atom stereocenters. The van der Waals surface area contributed by atoms with Crippen molar-refractivity contribution >= 4 is 17.6 Å². The lowest BCUT2D eigenvalue weighted by molar-refractivity contribution is 0.189. The smallest absolute Gasteiger partial charge is 0.193 e. The summed E-state index contributed by atoms with van der Waals surface area (Å²) in [4.78, 5) is 9.14. The molecule has 0 radical (unpaired) electrons. The fourth-order valence-electron chi connectivity index (χ4n) is 3.37. The van der Waals surface area contributed by atoms with Crippen molar-refractivity contribution in [2.45, 2.75) is 39.2 Å². The molecule has 2 heterocycles. The fraction of sp³-hybridized carbons (Fsp3) is 0.737. The van der Waals surface area contributed by atoms with Crippen LogP contribution in [0.4, 0.5) is 0 Å². The van der Waals surface area contributed by atoms with Crippen LogP contribution >= 0.6 is 11.6 Å². The van der Waals surface area contributed by atoms with Crippen molar-refractivity contribution in [1.29, 1.82) is 0 Å². The van der Waals surface area contributed by atoms with Crippen molar-refractivity contribution < 1.29 is 0 Å². The summed E-state index contributed by atoms with van der Waals surface area (Å²) in [5.41, 5.74) is 1.18. The van der Waals surface area contributed by atoms with Crippen LogP contribution in [0.2, 0.25) is 5.02 Å². The summed E-state index contributed by atoms with van der Waals surface area (Å²) < 4.78 is 2.06. The summed E-state index contributed by atoms with van der Waals surface area (Å²) >= 11 is 6.06. The number of rotatable bonds is 7. The molecular formula is C19H34ClN5. The summed E-state index contributed by atoms with van der Waals surface area (Å²) in [5, 5.41) is 4.25. The Bertz CT molecular complexity index is 546. The second-order valence-corrected chi connectivity index (χ2v) is 7.76. The topological polar surface area (TPSA) is 35.8 Å². The number of nitrogens with zero attached hydrogens (tertiary/aromatic N) is 4. The number of halogens is 1. The molecule has 6 heteroatoms. The monoisotopic (exact) mass is 367 g/mol. The Hall–Kier alpha value is -1.20. The molecule has 1 N–H and O–H groups in total. The van der Waals surface area contributed by atoms with E-state index in [-0.39, 0.29) is 0 Å². The minimum atomic E-state index is 0.779. The zero-order valence-electron chi connectivity index (χ0n) is 16.3. The quantitative estimate of drug-likeness (QED) is 0.456. The SMILES string of the molecule is CN=C(NCCCCN1CCC(C)CC1)N(C)Cc1cc(Cl)cn1C. The molecular weight excluding hydrogens is 334 g/mol. The number of nitrogens with one attached hydrogen (secondary N) is 1. The second kappa shape index (κ2) is 10.1. The minimum Gasteiger partial charge on any atom is -0.356 e. The van der Waals surface area contributed by atoms with E-state index in [9.17, 15) is 0 Å². The predicted octanol–water partition coefficient (Wildman–Crippen LogP) is 3.20. The van der Waals surface area contributed by atoms with Crippen molar-refractivity contribution in [3.63, 3.8) is 0 Å².